The van der Waals surface area contributed by atoms with Crippen molar-refractivity contribution in [3.63, 3.8) is 0 Å². The fourth-order valence-electron chi connectivity index (χ4n) is 2.43. The number of hydrogen-bond donors (Lipinski definition) is 0. The highest BCUT2D eigenvalue weighted by molar-refractivity contribution is 6.73. The maximum Gasteiger partial charge on any atom is 0.195 e. The highest BCUT2D eigenvalue weighted by atomic mass is 28.4. The lowest BCUT2D eigenvalue weighted by molar-refractivity contribution is -0.0658. The van der Waals surface area contributed by atoms with Crippen molar-refractivity contribution in [1.29, 1.82) is 0 Å². The molecule has 1 aromatic carbocycles. The van der Waals surface area contributed by atoms with Gasteiger partial charge in [0.05, 0.1) is 0 Å². The second-order valence-corrected chi connectivity index (χ2v) is 9.77. The zero-order valence-electron chi connectivity index (χ0n) is 12.8. The van der Waals surface area contributed by atoms with Gasteiger partial charge in [0.25, 0.3) is 0 Å². The quantitative estimate of drug-likeness (QED) is 0.485. The van der Waals surface area contributed by atoms with Gasteiger partial charge in [0.2, 0.25) is 0 Å². The van der Waals surface area contributed by atoms with Gasteiger partial charge in [0.1, 0.15) is 6.29 Å². The third kappa shape index (κ3) is 5.09. The van der Waals surface area contributed by atoms with Crippen LogP contribution in [0.1, 0.15) is 32.8 Å². The number of aryl methyl sites for hydroxylation is 1. The van der Waals surface area contributed by atoms with E-state index in [0.29, 0.717) is 0 Å². The van der Waals surface area contributed by atoms with Gasteiger partial charge in [-0.3, -0.25) is 0 Å². The van der Waals surface area contributed by atoms with Gasteiger partial charge in [-0.15, -0.1) is 0 Å². The highest BCUT2D eigenvalue weighted by Crippen LogP contribution is 2.25. The van der Waals surface area contributed by atoms with E-state index >= 15 is 0 Å². The summed E-state index contributed by atoms with van der Waals surface area (Å²) in [6, 6.07) is 14.1. The monoisotopic (exact) mass is 280 g/mol. The van der Waals surface area contributed by atoms with Crippen LogP contribution >= 0.6 is 0 Å². The Labute approximate surface area is 119 Å². The van der Waals surface area contributed by atoms with E-state index in [1.165, 1.54) is 23.7 Å². The molecule has 1 unspecified atom stereocenters. The van der Waals surface area contributed by atoms with Crippen LogP contribution in [0.3, 0.4) is 0 Å². The summed E-state index contributed by atoms with van der Waals surface area (Å²) in [5.74, 6) is 0. The van der Waals surface area contributed by atoms with Crippen LogP contribution in [0.2, 0.25) is 18.1 Å². The normalized spacial score (nSPS) is 13.5. The summed E-state index contributed by atoms with van der Waals surface area (Å²) in [6.07, 6.45) is 1.91. The average Bonchev–Trinajstić information content (AvgIpc) is 2.49. The summed E-state index contributed by atoms with van der Waals surface area (Å²) in [6.45, 7) is 6.76. The lowest BCUT2D eigenvalue weighted by Crippen LogP contribution is -2.40. The molecule has 19 heavy (non-hydrogen) atoms. The molecule has 3 heteroatoms. The molecule has 0 bridgehead atoms. The molecule has 0 saturated carbocycles. The van der Waals surface area contributed by atoms with Gasteiger partial charge >= 0.3 is 0 Å². The zero-order chi connectivity index (χ0) is 14.1. The van der Waals surface area contributed by atoms with Gasteiger partial charge in [-0.05, 0) is 30.1 Å². The molecule has 1 aromatic rings. The van der Waals surface area contributed by atoms with Crippen molar-refractivity contribution in [1.82, 2.24) is 0 Å². The van der Waals surface area contributed by atoms with E-state index in [0.717, 1.165) is 12.8 Å². The second-order valence-electron chi connectivity index (χ2n) is 5.05. The van der Waals surface area contributed by atoms with E-state index in [1.54, 1.807) is 7.11 Å². The molecule has 0 amide bonds. The van der Waals surface area contributed by atoms with Crippen LogP contribution in [-0.4, -0.2) is 21.7 Å². The van der Waals surface area contributed by atoms with Gasteiger partial charge in [-0.2, -0.15) is 0 Å². The second kappa shape index (κ2) is 8.51. The number of hydrogen-bond acceptors (Lipinski definition) is 2. The van der Waals surface area contributed by atoms with Crippen molar-refractivity contribution < 1.29 is 9.16 Å². The largest absolute Gasteiger partial charge is 0.392 e. The Morgan fingerprint density at radius 3 is 2.05 bits per heavy atom. The van der Waals surface area contributed by atoms with Gasteiger partial charge in [0.15, 0.2) is 8.32 Å². The molecule has 0 spiro atoms. The molecule has 0 aliphatic carbocycles. The Morgan fingerprint density at radius 2 is 1.58 bits per heavy atom. The third-order valence-electron chi connectivity index (χ3n) is 4.09. The maximum absolute atomic E-state index is 6.37. The summed E-state index contributed by atoms with van der Waals surface area (Å²) in [5, 5.41) is 0. The molecular formula is C16H28O2Si. The van der Waals surface area contributed by atoms with E-state index in [-0.39, 0.29) is 6.29 Å². The molecule has 0 saturated heterocycles. The Morgan fingerprint density at radius 1 is 1.00 bits per heavy atom. The number of benzene rings is 1. The number of ether oxygens (including phenoxy) is 1. The van der Waals surface area contributed by atoms with Gasteiger partial charge < -0.3 is 9.16 Å². The third-order valence-corrected chi connectivity index (χ3v) is 8.72. The SMILES string of the molecule is CC[Si](CC)(CC)OC(CCc1ccccc1)OC. The molecule has 108 valence electrons. The molecule has 0 fully saturated rings. The summed E-state index contributed by atoms with van der Waals surface area (Å²) < 4.78 is 11.9. The number of rotatable bonds is 9. The fraction of sp³-hybridized carbons (Fsp3) is 0.625. The Balaban J connectivity index is 2.54. The summed E-state index contributed by atoms with van der Waals surface area (Å²) in [5.41, 5.74) is 1.35. The minimum Gasteiger partial charge on any atom is -0.392 e. The van der Waals surface area contributed by atoms with E-state index in [1.807, 2.05) is 0 Å². The first-order chi connectivity index (χ1) is 9.19. The fourth-order valence-corrected chi connectivity index (χ4v) is 5.20. The Bertz CT molecular complexity index is 328. The van der Waals surface area contributed by atoms with Crippen LogP contribution < -0.4 is 0 Å². The topological polar surface area (TPSA) is 18.5 Å². The van der Waals surface area contributed by atoms with Crippen LogP contribution in [0.4, 0.5) is 0 Å². The van der Waals surface area contributed by atoms with E-state index in [2.05, 4.69) is 51.1 Å². The molecule has 2 nitrogen and oxygen atoms in total. The summed E-state index contributed by atoms with van der Waals surface area (Å²) in [4.78, 5) is 0. The van der Waals surface area contributed by atoms with Crippen molar-refractivity contribution in [2.75, 3.05) is 7.11 Å². The first-order valence-electron chi connectivity index (χ1n) is 7.44. The molecule has 0 aliphatic heterocycles. The summed E-state index contributed by atoms with van der Waals surface area (Å²) >= 11 is 0. The molecule has 0 aliphatic rings. The molecule has 0 aromatic heterocycles. The molecule has 0 heterocycles. The van der Waals surface area contributed by atoms with Crippen LogP contribution in [0.15, 0.2) is 30.3 Å². The summed E-state index contributed by atoms with van der Waals surface area (Å²) in [7, 11) is 0.195. The predicted molar refractivity (Wildman–Crippen MR) is 83.8 cm³/mol. The first kappa shape index (κ1) is 16.4. The smallest absolute Gasteiger partial charge is 0.195 e. The number of methoxy groups -OCH3 is 1. The van der Waals surface area contributed by atoms with Gasteiger partial charge in [0, 0.05) is 13.5 Å². The first-order valence-corrected chi connectivity index (χ1v) is 9.97. The van der Waals surface area contributed by atoms with Crippen LogP contribution in [-0.2, 0) is 15.6 Å². The Hall–Kier alpha value is -0.643. The van der Waals surface area contributed by atoms with Crippen LogP contribution in [0.5, 0.6) is 0 Å². The maximum atomic E-state index is 6.37. The van der Waals surface area contributed by atoms with E-state index in [4.69, 9.17) is 9.16 Å². The Kier molecular flexibility index (Phi) is 7.35. The average molecular weight is 280 g/mol. The molecule has 1 atom stereocenters. The molecule has 1 rings (SSSR count). The van der Waals surface area contributed by atoms with Gasteiger partial charge in [-0.25, -0.2) is 0 Å². The molecular weight excluding hydrogens is 252 g/mol. The minimum absolute atomic E-state index is 0.0493. The van der Waals surface area contributed by atoms with Crippen molar-refractivity contribution in [2.45, 2.75) is 58.0 Å². The molecule has 0 radical (unpaired) electrons. The van der Waals surface area contributed by atoms with Crippen molar-refractivity contribution >= 4 is 8.32 Å². The highest BCUT2D eigenvalue weighted by Gasteiger charge is 2.31. The standard InChI is InChI=1S/C16H28O2Si/c1-5-19(6-2,7-3)18-16(17-4)14-13-15-11-9-8-10-12-15/h8-12,16H,5-7,13-14H2,1-4H3. The lowest BCUT2D eigenvalue weighted by Gasteiger charge is -2.32. The predicted octanol–water partition coefficient (Wildman–Crippen LogP) is 4.61. The van der Waals surface area contributed by atoms with E-state index < -0.39 is 8.32 Å². The molecule has 0 N–H and O–H groups in total. The zero-order valence-corrected chi connectivity index (χ0v) is 13.8. The van der Waals surface area contributed by atoms with Crippen molar-refractivity contribution in [3.8, 4) is 0 Å². The van der Waals surface area contributed by atoms with Gasteiger partial charge in [-0.1, -0.05) is 51.1 Å². The lowest BCUT2D eigenvalue weighted by atomic mass is 10.1. The van der Waals surface area contributed by atoms with Crippen LogP contribution in [0.25, 0.3) is 0 Å². The minimum atomic E-state index is -1.56. The van der Waals surface area contributed by atoms with Crippen LogP contribution in [0, 0.1) is 0 Å². The van der Waals surface area contributed by atoms with E-state index in [9.17, 15) is 0 Å². The van der Waals surface area contributed by atoms with Crippen molar-refractivity contribution in [2.24, 2.45) is 0 Å². The van der Waals surface area contributed by atoms with Crippen molar-refractivity contribution in [3.05, 3.63) is 35.9 Å².